The largest absolute Gasteiger partial charge is 0.379 e. The van der Waals surface area contributed by atoms with Crippen molar-refractivity contribution >= 4 is 28.8 Å². The lowest BCUT2D eigenvalue weighted by Gasteiger charge is -2.29. The van der Waals surface area contributed by atoms with Gasteiger partial charge in [-0.15, -0.1) is 0 Å². The summed E-state index contributed by atoms with van der Waals surface area (Å²) in [5.41, 5.74) is -0.410. The van der Waals surface area contributed by atoms with E-state index < -0.39 is 17.0 Å². The number of pyridine rings is 1. The second-order valence-electron chi connectivity index (χ2n) is 7.85. The highest BCUT2D eigenvalue weighted by Gasteiger charge is 2.32. The summed E-state index contributed by atoms with van der Waals surface area (Å²) in [5, 5.41) is 7.02. The molecule has 0 radical (unpaired) electrons. The number of hydrogen-bond donors (Lipinski definition) is 1. The molecule has 1 aliphatic rings. The minimum absolute atomic E-state index is 0.0106. The van der Waals surface area contributed by atoms with Crippen LogP contribution in [0.2, 0.25) is 5.02 Å². The molecular weight excluding hydrogens is 452 g/mol. The molecule has 3 aromatic rings. The molecule has 7 nitrogen and oxygen atoms in total. The lowest BCUT2D eigenvalue weighted by molar-refractivity contribution is -0.0234. The maximum Gasteiger partial charge on any atom is 0.292 e. The van der Waals surface area contributed by atoms with Crippen molar-refractivity contribution in [3.63, 3.8) is 0 Å². The summed E-state index contributed by atoms with van der Waals surface area (Å²) in [4.78, 5) is 18.8. The minimum Gasteiger partial charge on any atom is -0.379 e. The summed E-state index contributed by atoms with van der Waals surface area (Å²) >= 11 is 6.27. The molecular formula is C23H24ClF2N5O2. The molecule has 0 spiro atoms. The molecule has 10 heteroatoms. The van der Waals surface area contributed by atoms with Gasteiger partial charge in [-0.2, -0.15) is 9.78 Å². The summed E-state index contributed by atoms with van der Waals surface area (Å²) in [5.74, 6) is 0.202. The molecule has 1 N–H and O–H groups in total. The monoisotopic (exact) mass is 475 g/mol. The Balaban J connectivity index is 1.52. The Labute approximate surface area is 195 Å². The lowest BCUT2D eigenvalue weighted by Crippen LogP contribution is -2.40. The van der Waals surface area contributed by atoms with Crippen molar-refractivity contribution in [1.29, 1.82) is 0 Å². The number of anilines is 3. The van der Waals surface area contributed by atoms with Crippen LogP contribution in [0.15, 0.2) is 53.6 Å². The average molecular weight is 476 g/mol. The van der Waals surface area contributed by atoms with Gasteiger partial charge in [-0.25, -0.2) is 13.8 Å². The van der Waals surface area contributed by atoms with Gasteiger partial charge in [0.1, 0.15) is 16.7 Å². The van der Waals surface area contributed by atoms with Gasteiger partial charge in [0.2, 0.25) is 0 Å². The van der Waals surface area contributed by atoms with Gasteiger partial charge in [0.15, 0.2) is 5.67 Å². The maximum atomic E-state index is 14.7. The summed E-state index contributed by atoms with van der Waals surface area (Å²) in [6, 6.07) is 10.0. The van der Waals surface area contributed by atoms with E-state index in [1.807, 2.05) is 24.0 Å². The summed E-state index contributed by atoms with van der Waals surface area (Å²) < 4.78 is 34.3. The van der Waals surface area contributed by atoms with E-state index in [0.29, 0.717) is 37.5 Å². The van der Waals surface area contributed by atoms with Crippen LogP contribution < -0.4 is 15.8 Å². The van der Waals surface area contributed by atoms with Gasteiger partial charge in [0.05, 0.1) is 36.9 Å². The molecule has 4 rings (SSSR count). The van der Waals surface area contributed by atoms with Crippen molar-refractivity contribution in [2.24, 2.45) is 0 Å². The molecule has 0 amide bonds. The van der Waals surface area contributed by atoms with Crippen LogP contribution in [0.4, 0.5) is 26.0 Å². The molecule has 1 aromatic carbocycles. The highest BCUT2D eigenvalue weighted by molar-refractivity contribution is 6.32. The standard InChI is InChI=1S/C23H24ClF2N5O2/c1-2-30(20-9-4-16(25)12-27-20)17-5-7-18(8-6-17)31-22(32)21(24)19(13-29-31)28-14-23(26)10-3-11-33-15-23/h4-9,12-13,28H,2-3,10-11,14-15H2,1H3/t23-/m0/s1. The first-order valence-corrected chi connectivity index (χ1v) is 11.1. The molecule has 1 fully saturated rings. The van der Waals surface area contributed by atoms with Gasteiger partial charge in [0.25, 0.3) is 5.56 Å². The number of benzene rings is 1. The summed E-state index contributed by atoms with van der Waals surface area (Å²) in [6.07, 6.45) is 3.61. The zero-order valence-electron chi connectivity index (χ0n) is 18.1. The smallest absolute Gasteiger partial charge is 0.292 e. The molecule has 1 atom stereocenters. The predicted octanol–water partition coefficient (Wildman–Crippen LogP) is 4.51. The molecule has 0 aliphatic carbocycles. The topological polar surface area (TPSA) is 72.3 Å². The Hall–Kier alpha value is -3.04. The highest BCUT2D eigenvalue weighted by atomic mass is 35.5. The van der Waals surface area contributed by atoms with Crippen LogP contribution in [0.3, 0.4) is 0 Å². The Kier molecular flexibility index (Phi) is 6.90. The van der Waals surface area contributed by atoms with Gasteiger partial charge in [0, 0.05) is 18.8 Å². The van der Waals surface area contributed by atoms with Gasteiger partial charge >= 0.3 is 0 Å². The number of nitrogens with zero attached hydrogens (tertiary/aromatic N) is 4. The molecule has 1 aliphatic heterocycles. The number of halogens is 3. The van der Waals surface area contributed by atoms with Crippen LogP contribution in [0.5, 0.6) is 0 Å². The fraction of sp³-hybridized carbons (Fsp3) is 0.348. The predicted molar refractivity (Wildman–Crippen MR) is 124 cm³/mol. The van der Waals surface area contributed by atoms with E-state index in [0.717, 1.165) is 5.69 Å². The summed E-state index contributed by atoms with van der Waals surface area (Å²) in [6.45, 7) is 3.12. The van der Waals surface area contributed by atoms with E-state index in [9.17, 15) is 13.6 Å². The number of aromatic nitrogens is 3. The molecule has 0 unspecified atom stereocenters. The molecule has 2 aromatic heterocycles. The van der Waals surface area contributed by atoms with Crippen LogP contribution in [0.25, 0.3) is 5.69 Å². The third-order valence-electron chi connectivity index (χ3n) is 5.50. The zero-order valence-corrected chi connectivity index (χ0v) is 18.9. The van der Waals surface area contributed by atoms with Crippen molar-refractivity contribution < 1.29 is 13.5 Å². The van der Waals surface area contributed by atoms with Gasteiger partial charge in [-0.1, -0.05) is 11.6 Å². The highest BCUT2D eigenvalue weighted by Crippen LogP contribution is 2.27. The second kappa shape index (κ2) is 9.84. The van der Waals surface area contributed by atoms with Crippen LogP contribution in [0, 0.1) is 5.82 Å². The normalized spacial score (nSPS) is 18.2. The van der Waals surface area contributed by atoms with Gasteiger partial charge in [-0.05, 0) is 56.2 Å². The fourth-order valence-corrected chi connectivity index (χ4v) is 3.93. The Bertz CT molecular complexity index is 1150. The number of ether oxygens (including phenoxy) is 1. The molecule has 3 heterocycles. The molecule has 0 saturated carbocycles. The van der Waals surface area contributed by atoms with Crippen LogP contribution >= 0.6 is 11.6 Å². The first-order valence-electron chi connectivity index (χ1n) is 10.7. The van der Waals surface area contributed by atoms with Crippen molar-refractivity contribution in [2.75, 3.05) is 36.5 Å². The minimum atomic E-state index is -1.50. The fourth-order valence-electron chi connectivity index (χ4n) is 3.73. The number of hydrogen-bond acceptors (Lipinski definition) is 6. The Morgan fingerprint density at radius 3 is 2.67 bits per heavy atom. The first-order chi connectivity index (χ1) is 15.9. The van der Waals surface area contributed by atoms with Crippen molar-refractivity contribution in [1.82, 2.24) is 14.8 Å². The number of alkyl halides is 1. The van der Waals surface area contributed by atoms with Crippen LogP contribution in [-0.2, 0) is 4.74 Å². The van der Waals surface area contributed by atoms with E-state index in [4.69, 9.17) is 16.3 Å². The quantitative estimate of drug-likeness (QED) is 0.542. The van der Waals surface area contributed by atoms with E-state index in [1.54, 1.807) is 18.2 Å². The Morgan fingerprint density at radius 2 is 2.03 bits per heavy atom. The molecule has 0 bridgehead atoms. The Morgan fingerprint density at radius 1 is 1.24 bits per heavy atom. The first kappa shape index (κ1) is 23.1. The molecule has 174 valence electrons. The van der Waals surface area contributed by atoms with E-state index in [1.165, 1.54) is 23.1 Å². The van der Waals surface area contributed by atoms with Crippen LogP contribution in [-0.4, -0.2) is 46.7 Å². The molecule has 33 heavy (non-hydrogen) atoms. The second-order valence-corrected chi connectivity index (χ2v) is 8.22. The maximum absolute atomic E-state index is 14.7. The van der Waals surface area contributed by atoms with Crippen molar-refractivity contribution in [2.45, 2.75) is 25.4 Å². The number of nitrogens with one attached hydrogen (secondary N) is 1. The third-order valence-corrected chi connectivity index (χ3v) is 5.86. The SMILES string of the molecule is CCN(c1ccc(-n2ncc(NC[C@@]3(F)CCCOC3)c(Cl)c2=O)cc1)c1ccc(F)cn1. The van der Waals surface area contributed by atoms with Crippen molar-refractivity contribution in [3.8, 4) is 5.69 Å². The zero-order chi connectivity index (χ0) is 23.4. The van der Waals surface area contributed by atoms with E-state index >= 15 is 0 Å². The van der Waals surface area contributed by atoms with Crippen molar-refractivity contribution in [3.05, 3.63) is 70.0 Å². The van der Waals surface area contributed by atoms with Gasteiger partial charge in [-0.3, -0.25) is 4.79 Å². The average Bonchev–Trinajstić information content (AvgIpc) is 2.83. The summed E-state index contributed by atoms with van der Waals surface area (Å²) in [7, 11) is 0. The third kappa shape index (κ3) is 5.15. The van der Waals surface area contributed by atoms with Gasteiger partial charge < -0.3 is 15.0 Å². The van der Waals surface area contributed by atoms with Crippen LogP contribution in [0.1, 0.15) is 19.8 Å². The van der Waals surface area contributed by atoms with E-state index in [-0.39, 0.29) is 23.9 Å². The number of rotatable bonds is 7. The lowest BCUT2D eigenvalue weighted by atomic mass is 9.99. The molecule has 1 saturated heterocycles. The van der Waals surface area contributed by atoms with E-state index in [2.05, 4.69) is 15.4 Å².